The molecule has 2 fully saturated rings. The molecule has 2 aliphatic heterocycles. The third-order valence-electron chi connectivity index (χ3n) is 4.28. The first kappa shape index (κ1) is 15.7. The number of carbonyl (C=O) groups excluding carboxylic acids is 1. The number of ether oxygens (including phenoxy) is 3. The summed E-state index contributed by atoms with van der Waals surface area (Å²) in [5.74, 6) is -0.135. The minimum Gasteiger partial charge on any atom is -0.465 e. The van der Waals surface area contributed by atoms with Gasteiger partial charge in [0.2, 0.25) is 0 Å². The average Bonchev–Trinajstić information content (AvgIpc) is 2.84. The summed E-state index contributed by atoms with van der Waals surface area (Å²) in [4.78, 5) is 14.0. The van der Waals surface area contributed by atoms with Crippen LogP contribution in [0.5, 0.6) is 0 Å². The molecule has 20 heavy (non-hydrogen) atoms. The number of hydrogen-bond acceptors (Lipinski definition) is 5. The summed E-state index contributed by atoms with van der Waals surface area (Å²) >= 11 is 0. The molecule has 5 heteroatoms. The van der Waals surface area contributed by atoms with E-state index in [0.29, 0.717) is 31.8 Å². The molecule has 0 aromatic carbocycles. The Morgan fingerprint density at radius 2 is 2.25 bits per heavy atom. The molecule has 2 atom stereocenters. The van der Waals surface area contributed by atoms with E-state index >= 15 is 0 Å². The maximum atomic E-state index is 11.8. The summed E-state index contributed by atoms with van der Waals surface area (Å²) in [6.07, 6.45) is 2.89. The third-order valence-corrected chi connectivity index (χ3v) is 4.28. The second-order valence-electron chi connectivity index (χ2n) is 6.05. The van der Waals surface area contributed by atoms with Crippen molar-refractivity contribution in [2.24, 2.45) is 0 Å². The van der Waals surface area contributed by atoms with Crippen molar-refractivity contribution in [3.8, 4) is 0 Å². The molecule has 2 aliphatic rings. The van der Waals surface area contributed by atoms with Crippen molar-refractivity contribution in [2.45, 2.75) is 57.7 Å². The van der Waals surface area contributed by atoms with Crippen LogP contribution in [0, 0.1) is 0 Å². The van der Waals surface area contributed by atoms with Crippen molar-refractivity contribution in [3.63, 3.8) is 0 Å². The summed E-state index contributed by atoms with van der Waals surface area (Å²) in [5.41, 5.74) is -0.120. The second-order valence-corrected chi connectivity index (χ2v) is 6.05. The van der Waals surface area contributed by atoms with Crippen molar-refractivity contribution in [1.29, 1.82) is 0 Å². The molecule has 0 amide bonds. The molecule has 5 nitrogen and oxygen atoms in total. The Labute approximate surface area is 121 Å². The van der Waals surface area contributed by atoms with Gasteiger partial charge in [0, 0.05) is 31.7 Å². The zero-order chi connectivity index (χ0) is 14.6. The van der Waals surface area contributed by atoms with Gasteiger partial charge in [-0.15, -0.1) is 0 Å². The molecule has 2 rings (SSSR count). The van der Waals surface area contributed by atoms with Crippen LogP contribution in [0.25, 0.3) is 0 Å². The quantitative estimate of drug-likeness (QED) is 0.718. The fourth-order valence-electron chi connectivity index (χ4n) is 3.24. The van der Waals surface area contributed by atoms with Gasteiger partial charge in [0.15, 0.2) is 0 Å². The molecule has 2 heterocycles. The summed E-state index contributed by atoms with van der Waals surface area (Å²) in [6.45, 7) is 9.14. The summed E-state index contributed by atoms with van der Waals surface area (Å²) in [7, 11) is 0. The predicted octanol–water partition coefficient (Wildman–Crippen LogP) is 1.60. The topological polar surface area (TPSA) is 48.0 Å². The Hall–Kier alpha value is -0.650. The highest BCUT2D eigenvalue weighted by atomic mass is 16.6. The molecule has 0 aromatic heterocycles. The van der Waals surface area contributed by atoms with Gasteiger partial charge < -0.3 is 14.2 Å². The predicted molar refractivity (Wildman–Crippen MR) is 75.6 cm³/mol. The van der Waals surface area contributed by atoms with Crippen molar-refractivity contribution >= 4 is 5.97 Å². The number of carbonyl (C=O) groups is 1. The zero-order valence-electron chi connectivity index (χ0n) is 12.9. The van der Waals surface area contributed by atoms with Crippen LogP contribution in [-0.4, -0.2) is 61.5 Å². The van der Waals surface area contributed by atoms with Crippen LogP contribution in [0.1, 0.15) is 40.0 Å². The Kier molecular flexibility index (Phi) is 5.41. The highest BCUT2D eigenvalue weighted by Crippen LogP contribution is 2.35. The molecule has 1 spiro atoms. The molecule has 116 valence electrons. The van der Waals surface area contributed by atoms with Crippen molar-refractivity contribution in [2.75, 3.05) is 33.0 Å². The monoisotopic (exact) mass is 285 g/mol. The molecular weight excluding hydrogens is 258 g/mol. The normalized spacial score (nSPS) is 30.4. The van der Waals surface area contributed by atoms with Crippen molar-refractivity contribution in [3.05, 3.63) is 0 Å². The molecule has 2 saturated heterocycles. The van der Waals surface area contributed by atoms with Crippen LogP contribution in [0.4, 0.5) is 0 Å². The first-order chi connectivity index (χ1) is 9.56. The van der Waals surface area contributed by atoms with Gasteiger partial charge in [0.25, 0.3) is 0 Å². The van der Waals surface area contributed by atoms with Gasteiger partial charge >= 0.3 is 5.97 Å². The number of esters is 1. The van der Waals surface area contributed by atoms with E-state index in [4.69, 9.17) is 14.2 Å². The van der Waals surface area contributed by atoms with Crippen molar-refractivity contribution < 1.29 is 19.0 Å². The maximum Gasteiger partial charge on any atom is 0.320 e. The summed E-state index contributed by atoms with van der Waals surface area (Å²) in [5, 5.41) is 0. The number of rotatable bonds is 5. The second kappa shape index (κ2) is 6.87. The third kappa shape index (κ3) is 3.71. The van der Waals surface area contributed by atoms with Gasteiger partial charge in [-0.05, 0) is 33.6 Å². The Morgan fingerprint density at radius 1 is 1.45 bits per heavy atom. The minimum atomic E-state index is -0.135. The molecule has 0 bridgehead atoms. The van der Waals surface area contributed by atoms with Crippen molar-refractivity contribution in [1.82, 2.24) is 4.90 Å². The van der Waals surface area contributed by atoms with Crippen LogP contribution in [0.2, 0.25) is 0 Å². The molecule has 0 radical (unpaired) electrons. The smallest absolute Gasteiger partial charge is 0.320 e. The Bertz CT molecular complexity index is 326. The maximum absolute atomic E-state index is 11.8. The van der Waals surface area contributed by atoms with E-state index in [1.807, 2.05) is 6.92 Å². The molecular formula is C15H27NO4. The SMILES string of the molecule is CCOC(=O)CN(C(C)C)C1CCOC2(CCOC2)C1. The fraction of sp³-hybridized carbons (Fsp3) is 0.933. The minimum absolute atomic E-state index is 0.120. The van der Waals surface area contributed by atoms with E-state index in [0.717, 1.165) is 32.5 Å². The lowest BCUT2D eigenvalue weighted by molar-refractivity contribution is -0.149. The summed E-state index contributed by atoms with van der Waals surface area (Å²) in [6, 6.07) is 0.691. The van der Waals surface area contributed by atoms with Crippen LogP contribution < -0.4 is 0 Å². The van der Waals surface area contributed by atoms with E-state index in [-0.39, 0.29) is 11.6 Å². The first-order valence-electron chi connectivity index (χ1n) is 7.69. The molecule has 0 saturated carbocycles. The van der Waals surface area contributed by atoms with Crippen LogP contribution in [0.15, 0.2) is 0 Å². The standard InChI is InChI=1S/C15H27NO4/c1-4-19-14(17)10-16(12(2)3)13-5-7-20-15(9-13)6-8-18-11-15/h12-13H,4-11H2,1-3H3. The zero-order valence-corrected chi connectivity index (χ0v) is 12.9. The van der Waals surface area contributed by atoms with Gasteiger partial charge in [-0.2, -0.15) is 0 Å². The Morgan fingerprint density at radius 3 is 2.85 bits per heavy atom. The Balaban J connectivity index is 1.99. The highest BCUT2D eigenvalue weighted by molar-refractivity contribution is 5.71. The van der Waals surface area contributed by atoms with Gasteiger partial charge in [-0.1, -0.05) is 0 Å². The van der Waals surface area contributed by atoms with Gasteiger partial charge in [0.05, 0.1) is 25.4 Å². The first-order valence-corrected chi connectivity index (χ1v) is 7.69. The summed E-state index contributed by atoms with van der Waals surface area (Å²) < 4.78 is 16.6. The van der Waals surface area contributed by atoms with E-state index in [1.165, 1.54) is 0 Å². The van der Waals surface area contributed by atoms with Crippen LogP contribution >= 0.6 is 0 Å². The lowest BCUT2D eigenvalue weighted by Crippen LogP contribution is -2.52. The highest BCUT2D eigenvalue weighted by Gasteiger charge is 2.43. The molecule has 0 aliphatic carbocycles. The molecule has 0 N–H and O–H groups in total. The van der Waals surface area contributed by atoms with E-state index in [9.17, 15) is 4.79 Å². The fourth-order valence-corrected chi connectivity index (χ4v) is 3.24. The van der Waals surface area contributed by atoms with Crippen LogP contribution in [0.3, 0.4) is 0 Å². The van der Waals surface area contributed by atoms with Gasteiger partial charge in [0.1, 0.15) is 0 Å². The van der Waals surface area contributed by atoms with Gasteiger partial charge in [-0.3, -0.25) is 9.69 Å². The van der Waals surface area contributed by atoms with E-state index < -0.39 is 0 Å². The largest absolute Gasteiger partial charge is 0.465 e. The molecule has 2 unspecified atom stereocenters. The lowest BCUT2D eigenvalue weighted by atomic mass is 9.88. The van der Waals surface area contributed by atoms with Crippen LogP contribution in [-0.2, 0) is 19.0 Å². The van der Waals surface area contributed by atoms with E-state index in [1.54, 1.807) is 0 Å². The van der Waals surface area contributed by atoms with E-state index in [2.05, 4.69) is 18.7 Å². The van der Waals surface area contributed by atoms with Gasteiger partial charge in [-0.25, -0.2) is 0 Å². The number of hydrogen-bond donors (Lipinski definition) is 0. The number of nitrogens with zero attached hydrogens (tertiary/aromatic N) is 1. The lowest BCUT2D eigenvalue weighted by Gasteiger charge is -2.43. The molecule has 0 aromatic rings. The average molecular weight is 285 g/mol.